The Kier molecular flexibility index (Phi) is 6.92. The SMILES string of the molecule is Cc1c(C#N)c(NC(=O)CSc2nnnn2CC2CCCO2)n(C2CCCCC2)c1C. The topological polar surface area (TPSA) is 111 Å². The van der Waals surface area contributed by atoms with Crippen LogP contribution in [0, 0.1) is 25.2 Å². The number of nitrogens with one attached hydrogen (secondary N) is 1. The fourth-order valence-electron chi connectivity index (χ4n) is 4.58. The van der Waals surface area contributed by atoms with Gasteiger partial charge in [0.25, 0.3) is 0 Å². The summed E-state index contributed by atoms with van der Waals surface area (Å²) < 4.78 is 9.54. The molecule has 31 heavy (non-hydrogen) atoms. The first-order chi connectivity index (χ1) is 15.1. The van der Waals surface area contributed by atoms with E-state index in [4.69, 9.17) is 4.74 Å². The number of hydrogen-bond donors (Lipinski definition) is 1. The van der Waals surface area contributed by atoms with E-state index in [2.05, 4.69) is 31.5 Å². The van der Waals surface area contributed by atoms with Crippen molar-refractivity contribution in [2.24, 2.45) is 0 Å². The normalized spacial score (nSPS) is 19.5. The Hall–Kier alpha value is -2.38. The summed E-state index contributed by atoms with van der Waals surface area (Å²) in [6.45, 7) is 5.36. The summed E-state index contributed by atoms with van der Waals surface area (Å²) in [4.78, 5) is 12.8. The van der Waals surface area contributed by atoms with Crippen molar-refractivity contribution in [3.8, 4) is 6.07 Å². The van der Waals surface area contributed by atoms with E-state index in [1.807, 2.05) is 13.8 Å². The molecule has 1 N–H and O–H groups in total. The largest absolute Gasteiger partial charge is 0.376 e. The molecule has 1 saturated heterocycles. The van der Waals surface area contributed by atoms with Crippen molar-refractivity contribution in [2.45, 2.75) is 82.6 Å². The smallest absolute Gasteiger partial charge is 0.235 e. The first kappa shape index (κ1) is 21.8. The number of amides is 1. The van der Waals surface area contributed by atoms with Crippen molar-refractivity contribution in [1.29, 1.82) is 5.26 Å². The molecule has 4 rings (SSSR count). The van der Waals surface area contributed by atoms with Gasteiger partial charge in [0.1, 0.15) is 11.9 Å². The highest BCUT2D eigenvalue weighted by Crippen LogP contribution is 2.36. The zero-order valence-corrected chi connectivity index (χ0v) is 19.0. The number of nitriles is 1. The van der Waals surface area contributed by atoms with Crippen LogP contribution in [0.5, 0.6) is 0 Å². The van der Waals surface area contributed by atoms with E-state index in [0.29, 0.717) is 29.1 Å². The van der Waals surface area contributed by atoms with Crippen LogP contribution >= 0.6 is 11.8 Å². The van der Waals surface area contributed by atoms with E-state index in [1.165, 1.54) is 31.0 Å². The molecule has 0 spiro atoms. The first-order valence-corrected chi connectivity index (χ1v) is 12.0. The van der Waals surface area contributed by atoms with Gasteiger partial charge in [0, 0.05) is 18.3 Å². The highest BCUT2D eigenvalue weighted by molar-refractivity contribution is 7.99. The molecule has 1 saturated carbocycles. The summed E-state index contributed by atoms with van der Waals surface area (Å²) in [5.74, 6) is 0.640. The van der Waals surface area contributed by atoms with Crippen LogP contribution in [0.1, 0.15) is 67.8 Å². The number of anilines is 1. The van der Waals surface area contributed by atoms with Gasteiger partial charge >= 0.3 is 0 Å². The molecule has 1 amide bonds. The Morgan fingerprint density at radius 2 is 2.06 bits per heavy atom. The number of tetrazole rings is 1. The molecule has 2 aromatic heterocycles. The van der Waals surface area contributed by atoms with Gasteiger partial charge in [0.2, 0.25) is 11.1 Å². The summed E-state index contributed by atoms with van der Waals surface area (Å²) in [6.07, 6.45) is 7.95. The number of ether oxygens (including phenoxy) is 1. The molecule has 166 valence electrons. The minimum Gasteiger partial charge on any atom is -0.376 e. The Labute approximate surface area is 186 Å². The van der Waals surface area contributed by atoms with Gasteiger partial charge in [-0.3, -0.25) is 4.79 Å². The summed E-state index contributed by atoms with van der Waals surface area (Å²) in [7, 11) is 0. The van der Waals surface area contributed by atoms with Crippen molar-refractivity contribution < 1.29 is 9.53 Å². The number of carbonyl (C=O) groups excluding carboxylic acids is 1. The summed E-state index contributed by atoms with van der Waals surface area (Å²) in [5.41, 5.74) is 2.56. The summed E-state index contributed by atoms with van der Waals surface area (Å²) in [6, 6.07) is 2.63. The van der Waals surface area contributed by atoms with E-state index >= 15 is 0 Å². The van der Waals surface area contributed by atoms with E-state index in [-0.39, 0.29) is 17.8 Å². The van der Waals surface area contributed by atoms with Crippen LogP contribution in [-0.2, 0) is 16.1 Å². The molecule has 3 heterocycles. The fraction of sp³-hybridized carbons (Fsp3) is 0.667. The molecule has 1 aliphatic heterocycles. The zero-order chi connectivity index (χ0) is 21.8. The molecule has 9 nitrogen and oxygen atoms in total. The van der Waals surface area contributed by atoms with E-state index in [1.54, 1.807) is 4.68 Å². The summed E-state index contributed by atoms with van der Waals surface area (Å²) in [5, 5.41) is 25.2. The number of thioether (sulfide) groups is 1. The van der Waals surface area contributed by atoms with E-state index in [0.717, 1.165) is 43.5 Å². The van der Waals surface area contributed by atoms with E-state index < -0.39 is 0 Å². The first-order valence-electron chi connectivity index (χ1n) is 11.0. The molecule has 1 aliphatic carbocycles. The lowest BCUT2D eigenvalue weighted by Gasteiger charge is -2.27. The van der Waals surface area contributed by atoms with Crippen molar-refractivity contribution in [1.82, 2.24) is 24.8 Å². The van der Waals surface area contributed by atoms with Gasteiger partial charge < -0.3 is 14.6 Å². The maximum absolute atomic E-state index is 12.8. The molecular weight excluding hydrogens is 414 g/mol. The Balaban J connectivity index is 1.45. The number of nitrogens with zero attached hydrogens (tertiary/aromatic N) is 6. The van der Waals surface area contributed by atoms with Crippen LogP contribution < -0.4 is 5.32 Å². The zero-order valence-electron chi connectivity index (χ0n) is 18.1. The van der Waals surface area contributed by atoms with Gasteiger partial charge in [-0.25, -0.2) is 4.68 Å². The minimum atomic E-state index is -0.164. The molecule has 1 unspecified atom stereocenters. The van der Waals surface area contributed by atoms with Gasteiger partial charge in [-0.05, 0) is 55.5 Å². The van der Waals surface area contributed by atoms with Gasteiger partial charge in [0.15, 0.2) is 0 Å². The van der Waals surface area contributed by atoms with Gasteiger partial charge in [-0.1, -0.05) is 31.0 Å². The maximum atomic E-state index is 12.8. The Morgan fingerprint density at radius 3 is 2.77 bits per heavy atom. The van der Waals surface area contributed by atoms with Crippen LogP contribution in [0.4, 0.5) is 5.82 Å². The Morgan fingerprint density at radius 1 is 1.26 bits per heavy atom. The number of aromatic nitrogens is 5. The fourth-order valence-corrected chi connectivity index (χ4v) is 5.26. The number of carbonyl (C=O) groups is 1. The second kappa shape index (κ2) is 9.83. The van der Waals surface area contributed by atoms with Gasteiger partial charge in [0.05, 0.1) is 24.0 Å². The Bertz CT molecular complexity index is 965. The maximum Gasteiger partial charge on any atom is 0.235 e. The molecule has 2 aliphatic rings. The predicted molar refractivity (Wildman–Crippen MR) is 117 cm³/mol. The molecule has 1 atom stereocenters. The highest BCUT2D eigenvalue weighted by Gasteiger charge is 2.26. The average Bonchev–Trinajstić information content (AvgIpc) is 3.50. The van der Waals surface area contributed by atoms with Gasteiger partial charge in [-0.2, -0.15) is 5.26 Å². The summed E-state index contributed by atoms with van der Waals surface area (Å²) >= 11 is 1.30. The van der Waals surface area contributed by atoms with Crippen molar-refractivity contribution in [2.75, 3.05) is 17.7 Å². The molecule has 0 aromatic carbocycles. The lowest BCUT2D eigenvalue weighted by atomic mass is 9.95. The average molecular weight is 444 g/mol. The quantitative estimate of drug-likeness (QED) is 0.653. The van der Waals surface area contributed by atoms with Crippen molar-refractivity contribution in [3.05, 3.63) is 16.8 Å². The van der Waals surface area contributed by atoms with Crippen LogP contribution in [-0.4, -0.2) is 49.1 Å². The van der Waals surface area contributed by atoms with E-state index in [9.17, 15) is 10.1 Å². The van der Waals surface area contributed by atoms with Crippen LogP contribution in [0.25, 0.3) is 0 Å². The molecule has 0 bridgehead atoms. The number of hydrogen-bond acceptors (Lipinski definition) is 7. The lowest BCUT2D eigenvalue weighted by molar-refractivity contribution is -0.113. The van der Waals surface area contributed by atoms with Gasteiger partial charge in [-0.15, -0.1) is 5.10 Å². The molecular formula is C21H29N7O2S. The second-order valence-electron chi connectivity index (χ2n) is 8.32. The van der Waals surface area contributed by atoms with Crippen molar-refractivity contribution in [3.63, 3.8) is 0 Å². The highest BCUT2D eigenvalue weighted by atomic mass is 32.2. The third-order valence-corrected chi connectivity index (χ3v) is 7.26. The minimum absolute atomic E-state index is 0.125. The van der Waals surface area contributed by atoms with Crippen molar-refractivity contribution >= 4 is 23.5 Å². The molecule has 0 radical (unpaired) electrons. The third kappa shape index (κ3) is 4.77. The monoisotopic (exact) mass is 443 g/mol. The molecule has 10 heteroatoms. The van der Waals surface area contributed by atoms with Crippen LogP contribution in [0.2, 0.25) is 0 Å². The molecule has 2 aromatic rings. The molecule has 2 fully saturated rings. The van der Waals surface area contributed by atoms with Crippen LogP contribution in [0.15, 0.2) is 5.16 Å². The number of rotatable bonds is 7. The predicted octanol–water partition coefficient (Wildman–Crippen LogP) is 3.38. The standard InChI is InChI=1S/C21H29N7O2S/c1-14-15(2)28(16-7-4-3-5-8-16)20(18(14)11-22)23-19(29)13-31-21-24-25-26-27(21)12-17-9-6-10-30-17/h16-17H,3-10,12-13H2,1-2H3,(H,23,29). The van der Waals surface area contributed by atoms with Crippen LogP contribution in [0.3, 0.4) is 0 Å². The second-order valence-corrected chi connectivity index (χ2v) is 9.27. The third-order valence-electron chi connectivity index (χ3n) is 6.30. The lowest BCUT2D eigenvalue weighted by Crippen LogP contribution is -2.22.